The van der Waals surface area contributed by atoms with Crippen molar-refractivity contribution in [2.45, 2.75) is 34.6 Å². The van der Waals surface area contributed by atoms with E-state index >= 15 is 0 Å². The molecule has 0 amide bonds. The van der Waals surface area contributed by atoms with Crippen LogP contribution in [0.2, 0.25) is 0 Å². The Morgan fingerprint density at radius 2 is 1.53 bits per heavy atom. The van der Waals surface area contributed by atoms with Crippen LogP contribution in [-0.2, 0) is 0 Å². The second-order valence-electron chi connectivity index (χ2n) is 7.86. The molecule has 0 saturated carbocycles. The fourth-order valence-electron chi connectivity index (χ4n) is 3.59. The zero-order valence-corrected chi connectivity index (χ0v) is 22.5. The predicted octanol–water partition coefficient (Wildman–Crippen LogP) is 6.73. The van der Waals surface area contributed by atoms with Gasteiger partial charge in [0.15, 0.2) is 8.73 Å². The highest BCUT2D eigenvalue weighted by molar-refractivity contribution is 7.73. The number of rotatable bonds is 5. The smallest absolute Gasteiger partial charge is 0.278 e. The minimum absolute atomic E-state index is 0.228. The fourth-order valence-corrected chi connectivity index (χ4v) is 5.19. The molecule has 1 N–H and O–H groups in total. The summed E-state index contributed by atoms with van der Waals surface area (Å²) >= 11 is 12.0. The molecule has 180 valence electrons. The summed E-state index contributed by atoms with van der Waals surface area (Å²) < 4.78 is 18.4. The standard InChI is InChI=1S/C19H14FN3OS3.C6H15N/c1-10-3-6-12(7-4-10)22-17(24)15-16(21-18(22)25)23(19(26)27-15)14-9-11(2)5-8-13(14)20;1-4-7(5-2)6-3/h3-9H,1-2H3,(H,21,25);4-6H2,1-3H3. The predicted molar refractivity (Wildman–Crippen MR) is 146 cm³/mol. The van der Waals surface area contributed by atoms with Gasteiger partial charge in [-0.05, 0) is 87.7 Å². The van der Waals surface area contributed by atoms with Crippen molar-refractivity contribution in [3.05, 3.63) is 78.5 Å². The number of nitrogens with zero attached hydrogens (tertiary/aromatic N) is 3. The SMILES string of the molecule is CCN(CC)CC.Cc1ccc(-n2c(=S)[nH]c3c(sc(=S)n3-c3cc(C)ccc3F)c2=O)cc1. The van der Waals surface area contributed by atoms with Crippen LogP contribution in [0.4, 0.5) is 4.39 Å². The van der Waals surface area contributed by atoms with E-state index in [1.54, 1.807) is 12.1 Å². The number of nitrogens with one attached hydrogen (secondary N) is 1. The van der Waals surface area contributed by atoms with E-state index in [9.17, 15) is 9.18 Å². The molecule has 2 aromatic carbocycles. The van der Waals surface area contributed by atoms with Crippen molar-refractivity contribution in [1.82, 2.24) is 19.0 Å². The van der Waals surface area contributed by atoms with Crippen LogP contribution in [0.15, 0.2) is 47.3 Å². The van der Waals surface area contributed by atoms with Gasteiger partial charge >= 0.3 is 0 Å². The highest BCUT2D eigenvalue weighted by Crippen LogP contribution is 2.26. The number of hydrogen-bond donors (Lipinski definition) is 1. The highest BCUT2D eigenvalue weighted by atomic mass is 32.1. The van der Waals surface area contributed by atoms with Gasteiger partial charge in [-0.3, -0.25) is 13.9 Å². The van der Waals surface area contributed by atoms with Crippen LogP contribution < -0.4 is 5.56 Å². The van der Waals surface area contributed by atoms with E-state index in [0.29, 0.717) is 25.7 Å². The minimum Gasteiger partial charge on any atom is -0.316 e. The first-order chi connectivity index (χ1) is 16.2. The lowest BCUT2D eigenvalue weighted by molar-refractivity contribution is 0.321. The van der Waals surface area contributed by atoms with Crippen LogP contribution in [0.1, 0.15) is 31.9 Å². The molecule has 2 heterocycles. The van der Waals surface area contributed by atoms with E-state index < -0.39 is 5.82 Å². The van der Waals surface area contributed by atoms with E-state index in [2.05, 4.69) is 30.7 Å². The first kappa shape index (κ1) is 26.2. The van der Waals surface area contributed by atoms with Gasteiger partial charge < -0.3 is 9.88 Å². The molecule has 0 fully saturated rings. The number of aromatic amines is 1. The molecule has 2 aromatic heterocycles. The third-order valence-corrected chi connectivity index (χ3v) is 7.26. The third-order valence-electron chi connectivity index (χ3n) is 5.61. The van der Waals surface area contributed by atoms with Crippen molar-refractivity contribution in [2.75, 3.05) is 19.6 Å². The maximum absolute atomic E-state index is 14.4. The van der Waals surface area contributed by atoms with Crippen molar-refractivity contribution in [3.63, 3.8) is 0 Å². The van der Waals surface area contributed by atoms with Gasteiger partial charge in [0.05, 0.1) is 11.4 Å². The number of H-pyrrole nitrogens is 1. The molecule has 4 aromatic rings. The highest BCUT2D eigenvalue weighted by Gasteiger charge is 2.17. The van der Waals surface area contributed by atoms with Crippen LogP contribution in [0, 0.1) is 28.4 Å². The maximum Gasteiger partial charge on any atom is 0.278 e. The van der Waals surface area contributed by atoms with E-state index in [1.165, 1.54) is 34.8 Å². The van der Waals surface area contributed by atoms with Gasteiger partial charge in [-0.1, -0.05) is 55.9 Å². The molecule has 4 rings (SSSR count). The maximum atomic E-state index is 14.4. The van der Waals surface area contributed by atoms with Crippen molar-refractivity contribution < 1.29 is 4.39 Å². The number of aryl methyl sites for hydroxylation is 2. The number of benzene rings is 2. The average Bonchev–Trinajstić information content (AvgIpc) is 3.14. The summed E-state index contributed by atoms with van der Waals surface area (Å²) in [6, 6.07) is 12.3. The molecule has 5 nitrogen and oxygen atoms in total. The summed E-state index contributed by atoms with van der Waals surface area (Å²) in [6.45, 7) is 14.0. The normalized spacial score (nSPS) is 11.0. The summed E-state index contributed by atoms with van der Waals surface area (Å²) in [4.78, 5) is 18.6. The molecule has 34 heavy (non-hydrogen) atoms. The number of halogens is 1. The van der Waals surface area contributed by atoms with Crippen molar-refractivity contribution in [2.24, 2.45) is 0 Å². The molecule has 0 aliphatic carbocycles. The lowest BCUT2D eigenvalue weighted by Crippen LogP contribution is -2.21. The Labute approximate surface area is 213 Å². The van der Waals surface area contributed by atoms with Gasteiger partial charge in [-0.2, -0.15) is 0 Å². The first-order valence-electron chi connectivity index (χ1n) is 11.2. The topological polar surface area (TPSA) is 46.0 Å². The Hall–Kier alpha value is -2.46. The largest absolute Gasteiger partial charge is 0.316 e. The number of hydrogen-bond acceptors (Lipinski definition) is 5. The third kappa shape index (κ3) is 5.43. The van der Waals surface area contributed by atoms with Gasteiger partial charge in [0, 0.05) is 0 Å². The van der Waals surface area contributed by atoms with Crippen LogP contribution in [0.5, 0.6) is 0 Å². The Morgan fingerprint density at radius 3 is 2.09 bits per heavy atom. The molecule has 0 aliphatic heterocycles. The molecule has 0 radical (unpaired) electrons. The molecule has 0 unspecified atom stereocenters. The van der Waals surface area contributed by atoms with E-state index in [1.807, 2.05) is 38.1 Å². The lowest BCUT2D eigenvalue weighted by atomic mass is 10.2. The molecule has 0 saturated heterocycles. The van der Waals surface area contributed by atoms with Crippen LogP contribution >= 0.6 is 35.8 Å². The van der Waals surface area contributed by atoms with Crippen LogP contribution in [0.25, 0.3) is 21.7 Å². The van der Waals surface area contributed by atoms with E-state index in [-0.39, 0.29) is 10.3 Å². The van der Waals surface area contributed by atoms with Crippen LogP contribution in [0.3, 0.4) is 0 Å². The quantitative estimate of drug-likeness (QED) is 0.299. The average molecular weight is 517 g/mol. The molecule has 0 atom stereocenters. The summed E-state index contributed by atoms with van der Waals surface area (Å²) in [5, 5.41) is 0. The molecule has 0 aliphatic rings. The zero-order valence-electron chi connectivity index (χ0n) is 20.0. The summed E-state index contributed by atoms with van der Waals surface area (Å²) in [6.07, 6.45) is 0. The Bertz CT molecular complexity index is 1460. The number of thiazole rings is 1. The number of fused-ring (bicyclic) bond motifs is 1. The molecule has 0 spiro atoms. The molecular weight excluding hydrogens is 488 g/mol. The van der Waals surface area contributed by atoms with Gasteiger partial charge in [0.2, 0.25) is 0 Å². The van der Waals surface area contributed by atoms with Gasteiger partial charge in [0.1, 0.15) is 16.2 Å². The second-order valence-corrected chi connectivity index (χ2v) is 9.89. The fraction of sp³-hybridized carbons (Fsp3) is 0.320. The van der Waals surface area contributed by atoms with Crippen molar-refractivity contribution in [1.29, 1.82) is 0 Å². The summed E-state index contributed by atoms with van der Waals surface area (Å²) in [5.74, 6) is -0.418. The van der Waals surface area contributed by atoms with E-state index in [0.717, 1.165) is 22.5 Å². The summed E-state index contributed by atoms with van der Waals surface area (Å²) in [5.41, 5.74) is 3.07. The lowest BCUT2D eigenvalue weighted by Gasteiger charge is -2.13. The van der Waals surface area contributed by atoms with Crippen LogP contribution in [-0.4, -0.2) is 38.7 Å². The zero-order chi connectivity index (χ0) is 25.0. The first-order valence-corrected chi connectivity index (χ1v) is 12.8. The second kappa shape index (κ2) is 11.3. The summed E-state index contributed by atoms with van der Waals surface area (Å²) in [7, 11) is 0. The Balaban J connectivity index is 0.000000406. The van der Waals surface area contributed by atoms with Gasteiger partial charge in [0.25, 0.3) is 5.56 Å². The van der Waals surface area contributed by atoms with Crippen molar-refractivity contribution >= 4 is 46.1 Å². The molecular formula is C25H29FN4OS3. The van der Waals surface area contributed by atoms with Crippen molar-refractivity contribution in [3.8, 4) is 11.4 Å². The molecule has 0 bridgehead atoms. The minimum atomic E-state index is -0.418. The van der Waals surface area contributed by atoms with E-state index in [4.69, 9.17) is 24.4 Å². The Kier molecular flexibility index (Phi) is 8.70. The molecule has 9 heteroatoms. The Morgan fingerprint density at radius 1 is 0.941 bits per heavy atom. The van der Waals surface area contributed by atoms with Gasteiger partial charge in [-0.25, -0.2) is 4.39 Å². The van der Waals surface area contributed by atoms with Gasteiger partial charge in [-0.15, -0.1) is 0 Å². The monoisotopic (exact) mass is 516 g/mol. The number of aromatic nitrogens is 3.